The van der Waals surface area contributed by atoms with E-state index in [9.17, 15) is 19.6 Å². The first-order chi connectivity index (χ1) is 20.1. The number of ether oxygens (including phenoxy) is 2. The Morgan fingerprint density at radius 1 is 1.05 bits per heavy atom. The number of amides is 2. The van der Waals surface area contributed by atoms with E-state index in [0.29, 0.717) is 26.0 Å². The Labute approximate surface area is 248 Å². The first-order valence-electron chi connectivity index (χ1n) is 15.0. The number of Topliss-reactive ketones (excluding diaryl/α,β-unsaturated/α-hetero) is 1. The molecule has 3 aliphatic heterocycles. The minimum absolute atomic E-state index is 0.0243. The fraction of sp³-hybridized carbons (Fsp3) is 0.529. The zero-order valence-electron chi connectivity index (χ0n) is 25.1. The Kier molecular flexibility index (Phi) is 8.70. The van der Waals surface area contributed by atoms with Crippen LogP contribution in [-0.2, 0) is 31.9 Å². The topological polar surface area (TPSA) is 99.9 Å². The van der Waals surface area contributed by atoms with E-state index in [4.69, 9.17) is 9.47 Å². The van der Waals surface area contributed by atoms with Crippen LogP contribution in [0.3, 0.4) is 0 Å². The molecule has 8 nitrogen and oxygen atoms in total. The zero-order valence-corrected chi connectivity index (χ0v) is 25.1. The van der Waals surface area contributed by atoms with Gasteiger partial charge in [-0.05, 0) is 87.1 Å². The van der Waals surface area contributed by atoms with Crippen molar-refractivity contribution < 1.29 is 23.9 Å². The molecule has 0 spiro atoms. The molecule has 2 atom stereocenters. The molecular formula is C34H41N3O5. The van der Waals surface area contributed by atoms with Crippen LogP contribution in [0.4, 0.5) is 10.5 Å². The molecular weight excluding hydrogens is 530 g/mol. The van der Waals surface area contributed by atoms with Gasteiger partial charge in [-0.15, -0.1) is 0 Å². The third-order valence-electron chi connectivity index (χ3n) is 8.75. The van der Waals surface area contributed by atoms with Crippen molar-refractivity contribution >= 4 is 23.5 Å². The molecule has 6 rings (SSSR count). The lowest BCUT2D eigenvalue weighted by atomic mass is 9.72. The fourth-order valence-corrected chi connectivity index (χ4v) is 6.75. The van der Waals surface area contributed by atoms with Crippen LogP contribution < -0.4 is 4.90 Å². The SMILES string of the molecule is COCCN1C(=O)Cc2ccc(-c3ccc(C[C@@H](C#N)CC(=O)[C@@H]4C5CCC(CC5)N4C(=O)OC(C)(C)C)cc3)cc21. The third-order valence-corrected chi connectivity index (χ3v) is 8.75. The molecule has 2 bridgehead atoms. The predicted octanol–water partition coefficient (Wildman–Crippen LogP) is 5.71. The molecule has 42 heavy (non-hydrogen) atoms. The van der Waals surface area contributed by atoms with Crippen molar-refractivity contribution in [2.45, 2.75) is 83.4 Å². The largest absolute Gasteiger partial charge is 0.444 e. The van der Waals surface area contributed by atoms with Crippen molar-refractivity contribution in [1.29, 1.82) is 5.26 Å². The highest BCUT2D eigenvalue weighted by molar-refractivity contribution is 6.02. The second-order valence-corrected chi connectivity index (χ2v) is 12.9. The van der Waals surface area contributed by atoms with Gasteiger partial charge < -0.3 is 14.4 Å². The summed E-state index contributed by atoms with van der Waals surface area (Å²) in [6, 6.07) is 16.0. The number of nitriles is 1. The number of fused-ring (bicyclic) bond motifs is 4. The monoisotopic (exact) mass is 571 g/mol. The summed E-state index contributed by atoms with van der Waals surface area (Å²) in [5.41, 5.74) is 4.32. The number of carbonyl (C=O) groups is 3. The van der Waals surface area contributed by atoms with Gasteiger partial charge in [0.15, 0.2) is 5.78 Å². The summed E-state index contributed by atoms with van der Waals surface area (Å²) in [6.07, 6.45) is 4.21. The van der Waals surface area contributed by atoms with Gasteiger partial charge in [-0.25, -0.2) is 4.79 Å². The zero-order chi connectivity index (χ0) is 30.0. The van der Waals surface area contributed by atoms with Gasteiger partial charge in [-0.1, -0.05) is 36.4 Å². The van der Waals surface area contributed by atoms with E-state index in [1.54, 1.807) is 16.9 Å². The minimum atomic E-state index is -0.636. The molecule has 0 N–H and O–H groups in total. The molecule has 0 radical (unpaired) electrons. The quantitative estimate of drug-likeness (QED) is 0.382. The van der Waals surface area contributed by atoms with Gasteiger partial charge in [0.1, 0.15) is 5.60 Å². The van der Waals surface area contributed by atoms with Crippen LogP contribution in [0.5, 0.6) is 0 Å². The Bertz CT molecular complexity index is 1370. The molecule has 3 fully saturated rings. The summed E-state index contributed by atoms with van der Waals surface area (Å²) in [6.45, 7) is 6.52. The molecule has 4 aliphatic rings. The predicted molar refractivity (Wildman–Crippen MR) is 160 cm³/mol. The van der Waals surface area contributed by atoms with Crippen LogP contribution in [0.25, 0.3) is 11.1 Å². The number of rotatable bonds is 9. The van der Waals surface area contributed by atoms with E-state index in [-0.39, 0.29) is 30.1 Å². The highest BCUT2D eigenvalue weighted by atomic mass is 16.6. The number of hydrogen-bond acceptors (Lipinski definition) is 6. The van der Waals surface area contributed by atoms with E-state index in [0.717, 1.165) is 53.6 Å². The molecule has 1 aliphatic carbocycles. The van der Waals surface area contributed by atoms with Gasteiger partial charge in [0.25, 0.3) is 0 Å². The molecule has 0 unspecified atom stereocenters. The number of piperidine rings is 2. The van der Waals surface area contributed by atoms with Crippen molar-refractivity contribution in [1.82, 2.24) is 4.90 Å². The molecule has 8 heteroatoms. The van der Waals surface area contributed by atoms with Crippen molar-refractivity contribution in [3.63, 3.8) is 0 Å². The van der Waals surface area contributed by atoms with Gasteiger partial charge in [-0.3, -0.25) is 14.5 Å². The van der Waals surface area contributed by atoms with E-state index in [1.165, 1.54) is 0 Å². The second-order valence-electron chi connectivity index (χ2n) is 12.9. The van der Waals surface area contributed by atoms with Crippen LogP contribution in [-0.4, -0.2) is 60.6 Å². The van der Waals surface area contributed by atoms with Gasteiger partial charge in [0.2, 0.25) is 5.91 Å². The van der Waals surface area contributed by atoms with Crippen LogP contribution in [0.2, 0.25) is 0 Å². The van der Waals surface area contributed by atoms with Crippen LogP contribution in [0, 0.1) is 23.2 Å². The Morgan fingerprint density at radius 3 is 2.38 bits per heavy atom. The minimum Gasteiger partial charge on any atom is -0.444 e. The highest BCUT2D eigenvalue weighted by Crippen LogP contribution is 2.41. The van der Waals surface area contributed by atoms with Crippen LogP contribution in [0.15, 0.2) is 42.5 Å². The summed E-state index contributed by atoms with van der Waals surface area (Å²) >= 11 is 0. The summed E-state index contributed by atoms with van der Waals surface area (Å²) in [5.74, 6) is -0.308. The number of methoxy groups -OCH3 is 1. The molecule has 1 saturated carbocycles. The van der Waals surface area contributed by atoms with Crippen molar-refractivity contribution in [2.24, 2.45) is 11.8 Å². The lowest BCUT2D eigenvalue weighted by molar-refractivity contribution is -0.133. The molecule has 222 valence electrons. The van der Waals surface area contributed by atoms with E-state index in [2.05, 4.69) is 12.1 Å². The summed E-state index contributed by atoms with van der Waals surface area (Å²) in [4.78, 5) is 42.7. The maximum Gasteiger partial charge on any atom is 0.411 e. The van der Waals surface area contributed by atoms with Crippen molar-refractivity contribution in [2.75, 3.05) is 25.2 Å². The molecule has 2 amide bonds. The van der Waals surface area contributed by atoms with E-state index >= 15 is 0 Å². The van der Waals surface area contributed by atoms with E-state index < -0.39 is 23.7 Å². The van der Waals surface area contributed by atoms with Gasteiger partial charge in [0, 0.05) is 31.8 Å². The maximum absolute atomic E-state index is 13.6. The smallest absolute Gasteiger partial charge is 0.411 e. The lowest BCUT2D eigenvalue weighted by Crippen LogP contribution is -2.61. The van der Waals surface area contributed by atoms with Crippen molar-refractivity contribution in [3.05, 3.63) is 53.6 Å². The normalized spacial score (nSPS) is 22.1. The maximum atomic E-state index is 13.6. The van der Waals surface area contributed by atoms with Crippen LogP contribution in [0.1, 0.15) is 64.0 Å². The molecule has 3 heterocycles. The molecule has 2 aromatic carbocycles. The van der Waals surface area contributed by atoms with Gasteiger partial charge in [-0.2, -0.15) is 5.26 Å². The Hall–Kier alpha value is -3.70. The van der Waals surface area contributed by atoms with Gasteiger partial charge >= 0.3 is 6.09 Å². The average Bonchev–Trinajstić information content (AvgIpc) is 3.29. The average molecular weight is 572 g/mol. The molecule has 2 aromatic rings. The van der Waals surface area contributed by atoms with Crippen LogP contribution >= 0.6 is 0 Å². The number of ketones is 1. The summed E-state index contributed by atoms with van der Waals surface area (Å²) < 4.78 is 10.9. The fourth-order valence-electron chi connectivity index (χ4n) is 6.75. The lowest BCUT2D eigenvalue weighted by Gasteiger charge is -2.50. The standard InChI is InChI=1S/C34H41N3O5/c1-34(2,3)42-33(40)37-28-13-11-25(12-14-28)32(37)30(38)18-23(21-35)17-22-5-7-24(8-6-22)26-9-10-27-20-31(39)36(15-16-41-4)29(27)19-26/h5-10,19,23,25,28,32H,11-18,20H2,1-4H3/t23-,25?,28?,32+/m1/s1. The van der Waals surface area contributed by atoms with Gasteiger partial charge in [0.05, 0.1) is 31.1 Å². The number of carbonyl (C=O) groups excluding carboxylic acids is 3. The number of hydrogen-bond donors (Lipinski definition) is 0. The number of anilines is 1. The number of benzene rings is 2. The highest BCUT2D eigenvalue weighted by Gasteiger charge is 2.48. The molecule has 0 aromatic heterocycles. The summed E-state index contributed by atoms with van der Waals surface area (Å²) in [7, 11) is 1.63. The van der Waals surface area contributed by atoms with E-state index in [1.807, 2.05) is 57.2 Å². The number of nitrogens with zero attached hydrogens (tertiary/aromatic N) is 3. The second kappa shape index (κ2) is 12.3. The summed E-state index contributed by atoms with van der Waals surface area (Å²) in [5, 5.41) is 9.98. The Morgan fingerprint density at radius 2 is 1.74 bits per heavy atom. The molecule has 2 saturated heterocycles. The first-order valence-corrected chi connectivity index (χ1v) is 15.0. The van der Waals surface area contributed by atoms with Crippen molar-refractivity contribution in [3.8, 4) is 17.2 Å². The first kappa shape index (κ1) is 29.8. The Balaban J connectivity index is 1.26. The third kappa shape index (κ3) is 6.37.